The van der Waals surface area contributed by atoms with Gasteiger partial charge in [0.15, 0.2) is 5.78 Å². The molecule has 3 aromatic rings. The molecule has 0 aliphatic carbocycles. The summed E-state index contributed by atoms with van der Waals surface area (Å²) in [7, 11) is 0. The SMILES string of the molecule is Cc1nnc(-c2ccc3cnc(CC(=O)CN4CCC(C(F)F)CC4)cc3c2)s1. The molecule has 0 radical (unpaired) electrons. The van der Waals surface area contributed by atoms with E-state index in [0.717, 1.165) is 32.0 Å². The molecule has 0 unspecified atom stereocenters. The quantitative estimate of drug-likeness (QED) is 0.604. The van der Waals surface area contributed by atoms with Gasteiger partial charge in [-0.3, -0.25) is 14.7 Å². The number of benzene rings is 1. The predicted molar refractivity (Wildman–Crippen MR) is 109 cm³/mol. The molecular weight excluding hydrogens is 394 g/mol. The fourth-order valence-electron chi connectivity index (χ4n) is 3.70. The van der Waals surface area contributed by atoms with Gasteiger partial charge in [-0.1, -0.05) is 23.5 Å². The normalized spacial score (nSPS) is 16.0. The third-order valence-corrected chi connectivity index (χ3v) is 6.21. The van der Waals surface area contributed by atoms with E-state index >= 15 is 0 Å². The van der Waals surface area contributed by atoms with Gasteiger partial charge in [0.2, 0.25) is 6.43 Å². The molecule has 152 valence electrons. The molecule has 8 heteroatoms. The Labute approximate surface area is 171 Å². The predicted octanol–water partition coefficient (Wildman–Crippen LogP) is 4.15. The van der Waals surface area contributed by atoms with E-state index in [0.29, 0.717) is 32.5 Å². The summed E-state index contributed by atoms with van der Waals surface area (Å²) in [6.45, 7) is 3.32. The molecule has 1 aromatic carbocycles. The summed E-state index contributed by atoms with van der Waals surface area (Å²) >= 11 is 1.54. The second-order valence-corrected chi connectivity index (χ2v) is 8.71. The molecule has 2 aromatic heterocycles. The number of hydrogen-bond acceptors (Lipinski definition) is 6. The van der Waals surface area contributed by atoms with Crippen molar-refractivity contribution in [3.63, 3.8) is 0 Å². The minimum Gasteiger partial charge on any atom is -0.298 e. The summed E-state index contributed by atoms with van der Waals surface area (Å²) in [5.74, 6) is -0.474. The molecular formula is C21H22F2N4OS. The minimum atomic E-state index is -2.26. The van der Waals surface area contributed by atoms with E-state index in [4.69, 9.17) is 0 Å². The maximum absolute atomic E-state index is 12.8. The molecule has 3 heterocycles. The molecule has 1 aliphatic heterocycles. The van der Waals surface area contributed by atoms with E-state index in [9.17, 15) is 13.6 Å². The maximum atomic E-state index is 12.8. The fraction of sp³-hybridized carbons (Fsp3) is 0.429. The number of aromatic nitrogens is 3. The van der Waals surface area contributed by atoms with Crippen LogP contribution in [0.3, 0.4) is 0 Å². The molecule has 0 N–H and O–H groups in total. The molecule has 1 saturated heterocycles. The van der Waals surface area contributed by atoms with Gasteiger partial charge in [-0.15, -0.1) is 10.2 Å². The van der Waals surface area contributed by atoms with Crippen LogP contribution in [0.25, 0.3) is 21.3 Å². The zero-order chi connectivity index (χ0) is 20.4. The van der Waals surface area contributed by atoms with Crippen molar-refractivity contribution < 1.29 is 13.6 Å². The number of piperidine rings is 1. The summed E-state index contributed by atoms with van der Waals surface area (Å²) in [6, 6.07) is 7.97. The van der Waals surface area contributed by atoms with Crippen molar-refractivity contribution in [1.29, 1.82) is 0 Å². The van der Waals surface area contributed by atoms with Gasteiger partial charge >= 0.3 is 0 Å². The van der Waals surface area contributed by atoms with E-state index in [-0.39, 0.29) is 12.2 Å². The monoisotopic (exact) mass is 416 g/mol. The number of nitrogens with zero attached hydrogens (tertiary/aromatic N) is 4. The number of alkyl halides is 2. The number of fused-ring (bicyclic) bond motifs is 1. The van der Waals surface area contributed by atoms with Gasteiger partial charge in [-0.2, -0.15) is 0 Å². The number of ketones is 1. The van der Waals surface area contributed by atoms with Crippen LogP contribution in [0.1, 0.15) is 23.5 Å². The molecule has 1 fully saturated rings. The third-order valence-electron chi connectivity index (χ3n) is 5.32. The zero-order valence-electron chi connectivity index (χ0n) is 16.1. The largest absolute Gasteiger partial charge is 0.298 e. The summed E-state index contributed by atoms with van der Waals surface area (Å²) in [4.78, 5) is 18.9. The topological polar surface area (TPSA) is 59.0 Å². The number of hydrogen-bond donors (Lipinski definition) is 0. The number of Topliss-reactive ketones (excluding diaryl/α,β-unsaturated/α-hetero) is 1. The molecule has 0 amide bonds. The lowest BCUT2D eigenvalue weighted by Crippen LogP contribution is -2.39. The Kier molecular flexibility index (Phi) is 5.91. The van der Waals surface area contributed by atoms with Gasteiger partial charge in [-0.25, -0.2) is 8.78 Å². The van der Waals surface area contributed by atoms with E-state index in [1.807, 2.05) is 36.1 Å². The lowest BCUT2D eigenvalue weighted by molar-refractivity contribution is -0.120. The smallest absolute Gasteiger partial charge is 0.241 e. The molecule has 4 rings (SSSR count). The van der Waals surface area contributed by atoms with E-state index in [1.165, 1.54) is 0 Å². The van der Waals surface area contributed by atoms with Gasteiger partial charge in [-0.05, 0) is 50.4 Å². The van der Waals surface area contributed by atoms with E-state index in [1.54, 1.807) is 17.5 Å². The van der Waals surface area contributed by atoms with Gasteiger partial charge in [0.1, 0.15) is 10.0 Å². The second kappa shape index (κ2) is 8.59. The molecule has 1 aliphatic rings. The summed E-state index contributed by atoms with van der Waals surface area (Å²) in [6.07, 6.45) is 0.664. The Morgan fingerprint density at radius 2 is 2.00 bits per heavy atom. The van der Waals surface area contributed by atoms with Crippen molar-refractivity contribution in [1.82, 2.24) is 20.1 Å². The second-order valence-electron chi connectivity index (χ2n) is 7.53. The number of aryl methyl sites for hydroxylation is 1. The van der Waals surface area contributed by atoms with Gasteiger partial charge in [0.25, 0.3) is 0 Å². The molecule has 0 bridgehead atoms. The lowest BCUT2D eigenvalue weighted by atomic mass is 9.97. The number of rotatable bonds is 6. The average molecular weight is 416 g/mol. The highest BCUT2D eigenvalue weighted by Crippen LogP contribution is 2.27. The standard InChI is InChI=1S/C21H22F2N4OS/c1-13-25-26-21(29-13)15-2-3-16-11-24-18(9-17(16)8-15)10-19(28)12-27-6-4-14(5-7-27)20(22)23/h2-3,8-9,11,14,20H,4-7,10,12H2,1H3. The Balaban J connectivity index is 1.42. The first-order valence-corrected chi connectivity index (χ1v) is 10.5. The van der Waals surface area contributed by atoms with Crippen molar-refractivity contribution in [3.05, 3.63) is 41.2 Å². The summed E-state index contributed by atoms with van der Waals surface area (Å²) in [5, 5.41) is 12.0. The fourth-order valence-corrected chi connectivity index (χ4v) is 4.39. The van der Waals surface area contributed by atoms with Gasteiger partial charge < -0.3 is 0 Å². The van der Waals surface area contributed by atoms with Crippen LogP contribution >= 0.6 is 11.3 Å². The average Bonchev–Trinajstić information content (AvgIpc) is 3.14. The number of halogens is 2. The van der Waals surface area contributed by atoms with Crippen molar-refractivity contribution in [2.75, 3.05) is 19.6 Å². The van der Waals surface area contributed by atoms with Crippen molar-refractivity contribution in [2.24, 2.45) is 5.92 Å². The molecule has 0 spiro atoms. The highest BCUT2D eigenvalue weighted by Gasteiger charge is 2.26. The van der Waals surface area contributed by atoms with Crippen LogP contribution in [0, 0.1) is 12.8 Å². The van der Waals surface area contributed by atoms with Crippen LogP contribution < -0.4 is 0 Å². The van der Waals surface area contributed by atoms with Crippen LogP contribution in [-0.4, -0.2) is 51.9 Å². The minimum absolute atomic E-state index is 0.0586. The molecule has 29 heavy (non-hydrogen) atoms. The van der Waals surface area contributed by atoms with Crippen LogP contribution in [0.5, 0.6) is 0 Å². The number of carbonyl (C=O) groups is 1. The molecule has 0 atom stereocenters. The van der Waals surface area contributed by atoms with Crippen molar-refractivity contribution in [3.8, 4) is 10.6 Å². The number of likely N-dealkylation sites (tertiary alicyclic amines) is 1. The van der Waals surface area contributed by atoms with Crippen LogP contribution in [0.4, 0.5) is 8.78 Å². The van der Waals surface area contributed by atoms with Gasteiger partial charge in [0.05, 0.1) is 13.0 Å². The first-order valence-electron chi connectivity index (χ1n) is 9.69. The highest BCUT2D eigenvalue weighted by molar-refractivity contribution is 7.14. The van der Waals surface area contributed by atoms with E-state index < -0.39 is 12.3 Å². The molecule has 5 nitrogen and oxygen atoms in total. The van der Waals surface area contributed by atoms with Crippen LogP contribution in [-0.2, 0) is 11.2 Å². The Morgan fingerprint density at radius 1 is 1.21 bits per heavy atom. The molecule has 0 saturated carbocycles. The van der Waals surface area contributed by atoms with Crippen molar-refractivity contribution in [2.45, 2.75) is 32.6 Å². The van der Waals surface area contributed by atoms with Crippen molar-refractivity contribution >= 4 is 27.9 Å². The summed E-state index contributed by atoms with van der Waals surface area (Å²) < 4.78 is 25.5. The van der Waals surface area contributed by atoms with Crippen LogP contribution in [0.15, 0.2) is 30.5 Å². The zero-order valence-corrected chi connectivity index (χ0v) is 17.0. The Hall–Kier alpha value is -2.32. The third kappa shape index (κ3) is 4.82. The summed E-state index contributed by atoms with van der Waals surface area (Å²) in [5.41, 5.74) is 1.71. The van der Waals surface area contributed by atoms with E-state index in [2.05, 4.69) is 15.2 Å². The van der Waals surface area contributed by atoms with Crippen LogP contribution in [0.2, 0.25) is 0 Å². The highest BCUT2D eigenvalue weighted by atomic mass is 32.1. The Morgan fingerprint density at radius 3 is 2.69 bits per heavy atom. The number of carbonyl (C=O) groups excluding carboxylic acids is 1. The lowest BCUT2D eigenvalue weighted by Gasteiger charge is -2.30. The van der Waals surface area contributed by atoms with Gasteiger partial charge in [0, 0.05) is 28.8 Å². The number of pyridine rings is 1. The maximum Gasteiger partial charge on any atom is 0.241 e. The first-order chi connectivity index (χ1) is 14.0. The Bertz CT molecular complexity index is 1010. The first kappa shape index (κ1) is 20.0.